The molecule has 34 heavy (non-hydrogen) atoms. The number of nitrogens with zero attached hydrogens (tertiary/aromatic N) is 1. The second-order valence-electron chi connectivity index (χ2n) is 8.05. The lowest BCUT2D eigenvalue weighted by molar-refractivity contribution is 1.28. The van der Waals surface area contributed by atoms with Crippen LogP contribution in [0, 0.1) is 0 Å². The minimum atomic E-state index is 0.672. The van der Waals surface area contributed by atoms with E-state index in [2.05, 4.69) is 157 Å². The van der Waals surface area contributed by atoms with E-state index in [1.54, 1.807) is 0 Å². The summed E-state index contributed by atoms with van der Waals surface area (Å²) in [6.07, 6.45) is 4.38. The Labute approximate surface area is 204 Å². The van der Waals surface area contributed by atoms with Crippen molar-refractivity contribution in [2.45, 2.75) is 0 Å². The summed E-state index contributed by atoms with van der Waals surface area (Å²) >= 11 is 0. The average Bonchev–Trinajstić information content (AvgIpc) is 2.91. The van der Waals surface area contributed by atoms with E-state index in [1.807, 2.05) is 0 Å². The number of rotatable bonds is 7. The van der Waals surface area contributed by atoms with Crippen LogP contribution >= 0.6 is 0 Å². The van der Waals surface area contributed by atoms with Crippen LogP contribution in [0.4, 0.5) is 17.1 Å². The van der Waals surface area contributed by atoms with Gasteiger partial charge in [-0.25, -0.2) is 0 Å². The van der Waals surface area contributed by atoms with Gasteiger partial charge in [0.25, 0.3) is 0 Å². The first-order valence-corrected chi connectivity index (χ1v) is 12.5. The molecule has 0 bridgehead atoms. The van der Waals surface area contributed by atoms with Crippen LogP contribution in [-0.2, 0) is 0 Å². The molecule has 2 radical (unpaired) electrons. The Balaban J connectivity index is 1.35. The Hall–Kier alpha value is -4.14. The number of hydrogen-bond donors (Lipinski definition) is 0. The molecule has 0 spiro atoms. The third kappa shape index (κ3) is 5.43. The van der Waals surface area contributed by atoms with Crippen molar-refractivity contribution in [3.63, 3.8) is 0 Å². The van der Waals surface area contributed by atoms with Crippen LogP contribution in [0.1, 0.15) is 11.1 Å². The summed E-state index contributed by atoms with van der Waals surface area (Å²) in [6, 6.07) is 49.2. The Kier molecular flexibility index (Phi) is 6.79. The normalized spacial score (nSPS) is 10.9. The summed E-state index contributed by atoms with van der Waals surface area (Å²) in [6.45, 7) is 0. The molecule has 0 saturated carbocycles. The zero-order valence-electron chi connectivity index (χ0n) is 18.9. The maximum atomic E-state index is 2.28. The van der Waals surface area contributed by atoms with Gasteiger partial charge in [-0.2, -0.15) is 0 Å². The first kappa shape index (κ1) is 21.7. The van der Waals surface area contributed by atoms with Gasteiger partial charge in [-0.1, -0.05) is 126 Å². The molecule has 5 aromatic carbocycles. The maximum absolute atomic E-state index is 2.28. The van der Waals surface area contributed by atoms with Crippen LogP contribution in [0.5, 0.6) is 0 Å². The molecule has 0 aliphatic heterocycles. The van der Waals surface area contributed by atoms with Crippen molar-refractivity contribution < 1.29 is 0 Å². The third-order valence-corrected chi connectivity index (χ3v) is 6.82. The topological polar surface area (TPSA) is 3.24 Å². The smallest absolute Gasteiger partial charge is 0.121 e. The highest BCUT2D eigenvalue weighted by Crippen LogP contribution is 2.34. The van der Waals surface area contributed by atoms with Crippen LogP contribution in [0.25, 0.3) is 12.2 Å². The van der Waals surface area contributed by atoms with E-state index in [0.29, 0.717) is 9.52 Å². The first-order valence-electron chi connectivity index (χ1n) is 11.5. The van der Waals surface area contributed by atoms with E-state index >= 15 is 0 Å². The van der Waals surface area contributed by atoms with E-state index in [0.717, 1.165) is 17.1 Å². The summed E-state index contributed by atoms with van der Waals surface area (Å²) in [4.78, 5) is 2.28. The van der Waals surface area contributed by atoms with Gasteiger partial charge in [0, 0.05) is 17.1 Å². The van der Waals surface area contributed by atoms with Crippen molar-refractivity contribution in [1.82, 2.24) is 0 Å². The van der Waals surface area contributed by atoms with Gasteiger partial charge >= 0.3 is 0 Å². The number of para-hydroxylation sites is 2. The molecule has 0 heterocycles. The second kappa shape index (κ2) is 10.6. The van der Waals surface area contributed by atoms with Crippen LogP contribution < -0.4 is 15.3 Å². The van der Waals surface area contributed by atoms with Crippen molar-refractivity contribution in [3.05, 3.63) is 151 Å². The quantitative estimate of drug-likeness (QED) is 0.191. The van der Waals surface area contributed by atoms with Crippen LogP contribution in [0.3, 0.4) is 0 Å². The highest BCUT2D eigenvalue weighted by molar-refractivity contribution is 6.67. The van der Waals surface area contributed by atoms with E-state index < -0.39 is 0 Å². The molecule has 0 fully saturated rings. The fourth-order valence-corrected chi connectivity index (χ4v) is 5.05. The van der Waals surface area contributed by atoms with Crippen molar-refractivity contribution in [2.24, 2.45) is 0 Å². The zero-order valence-corrected chi connectivity index (χ0v) is 19.9. The number of benzene rings is 5. The average molecular weight is 452 g/mol. The van der Waals surface area contributed by atoms with E-state index in [1.165, 1.54) is 21.5 Å². The molecule has 2 heteroatoms. The Morgan fingerprint density at radius 1 is 0.412 bits per heavy atom. The molecule has 1 nitrogen and oxygen atoms in total. The van der Waals surface area contributed by atoms with Gasteiger partial charge in [0.05, 0.1) is 0 Å². The van der Waals surface area contributed by atoms with Crippen LogP contribution in [0.15, 0.2) is 140 Å². The Morgan fingerprint density at radius 3 is 1.53 bits per heavy atom. The van der Waals surface area contributed by atoms with Crippen LogP contribution in [0.2, 0.25) is 0 Å². The predicted octanol–water partition coefficient (Wildman–Crippen LogP) is 6.98. The molecule has 0 unspecified atom stereocenters. The molecule has 5 aromatic rings. The minimum Gasteiger partial charge on any atom is -0.311 e. The highest BCUT2D eigenvalue weighted by atomic mass is 28.2. The summed E-state index contributed by atoms with van der Waals surface area (Å²) in [5, 5.41) is 2.71. The molecule has 0 N–H and O–H groups in total. The molecule has 5 rings (SSSR count). The van der Waals surface area contributed by atoms with Gasteiger partial charge < -0.3 is 4.90 Å². The minimum absolute atomic E-state index is 0.672. The Bertz CT molecular complexity index is 1310. The van der Waals surface area contributed by atoms with Gasteiger partial charge in [-0.05, 0) is 47.5 Å². The van der Waals surface area contributed by atoms with Crippen LogP contribution in [-0.4, -0.2) is 9.52 Å². The van der Waals surface area contributed by atoms with Gasteiger partial charge in [0.15, 0.2) is 0 Å². The third-order valence-electron chi connectivity index (χ3n) is 5.60. The molecule has 0 saturated heterocycles. The lowest BCUT2D eigenvalue weighted by atomic mass is 10.1. The first-order chi connectivity index (χ1) is 16.8. The van der Waals surface area contributed by atoms with Crippen molar-refractivity contribution in [3.8, 4) is 0 Å². The van der Waals surface area contributed by atoms with E-state index in [4.69, 9.17) is 0 Å². The molecule has 0 aliphatic rings. The number of hydrogen-bond acceptors (Lipinski definition) is 1. The Morgan fingerprint density at radius 2 is 0.912 bits per heavy atom. The van der Waals surface area contributed by atoms with Gasteiger partial charge in [-0.3, -0.25) is 0 Å². The van der Waals surface area contributed by atoms with Gasteiger partial charge in [0.2, 0.25) is 0 Å². The predicted molar refractivity (Wildman–Crippen MR) is 148 cm³/mol. The van der Waals surface area contributed by atoms with Crippen molar-refractivity contribution >= 4 is 49.1 Å². The zero-order chi connectivity index (χ0) is 23.0. The molecular weight excluding hydrogens is 426 g/mol. The molecule has 0 aliphatic carbocycles. The summed E-state index contributed by atoms with van der Waals surface area (Å²) in [5.74, 6) is 0. The molecule has 0 atom stereocenters. The van der Waals surface area contributed by atoms with Crippen molar-refractivity contribution in [1.29, 1.82) is 0 Å². The summed E-state index contributed by atoms with van der Waals surface area (Å²) < 4.78 is 0. The number of anilines is 3. The van der Waals surface area contributed by atoms with Gasteiger partial charge in [0.1, 0.15) is 9.52 Å². The molecule has 0 amide bonds. The molecule has 162 valence electrons. The largest absolute Gasteiger partial charge is 0.311 e. The van der Waals surface area contributed by atoms with E-state index in [-0.39, 0.29) is 0 Å². The monoisotopic (exact) mass is 451 g/mol. The second-order valence-corrected chi connectivity index (χ2v) is 9.45. The standard InChI is InChI=1S/C32H25NSi/c1-4-12-28(13-5-1)33(29-14-6-2-7-15-29)30-23-21-26(22-24-30)19-20-27-11-10-18-32(25-27)34-31-16-8-3-9-17-31/h1-25H. The summed E-state index contributed by atoms with van der Waals surface area (Å²) in [5.41, 5.74) is 5.84. The fraction of sp³-hybridized carbons (Fsp3) is 0. The SMILES string of the molecule is C(=Cc1cccc([Si]c2ccccc2)c1)c1ccc(N(c2ccccc2)c2ccccc2)cc1. The van der Waals surface area contributed by atoms with Crippen molar-refractivity contribution in [2.75, 3.05) is 4.90 Å². The van der Waals surface area contributed by atoms with Gasteiger partial charge in [-0.15, -0.1) is 0 Å². The molecule has 0 aromatic heterocycles. The lowest BCUT2D eigenvalue weighted by Gasteiger charge is -2.25. The fourth-order valence-electron chi connectivity index (χ4n) is 3.94. The highest BCUT2D eigenvalue weighted by Gasteiger charge is 2.11. The lowest BCUT2D eigenvalue weighted by Crippen LogP contribution is -2.26. The maximum Gasteiger partial charge on any atom is 0.121 e. The summed E-state index contributed by atoms with van der Waals surface area (Å²) in [7, 11) is 0.672. The molecular formula is C32H25NSi. The van der Waals surface area contributed by atoms with E-state index in [9.17, 15) is 0 Å².